The molecule has 16 nitrogen and oxygen atoms in total. The third kappa shape index (κ3) is 7.23. The van der Waals surface area contributed by atoms with Gasteiger partial charge in [-0.25, -0.2) is 27.3 Å². The molecule has 0 aliphatic carbocycles. The second kappa shape index (κ2) is 10.4. The molecule has 35 heavy (non-hydrogen) atoms. The maximum Gasteiger partial charge on any atom is 0.490 e. The number of aromatic amines is 1. The zero-order valence-electron chi connectivity index (χ0n) is 17.5. The zero-order valence-corrected chi connectivity index (χ0v) is 20.2. The summed E-state index contributed by atoms with van der Waals surface area (Å²) in [7, 11) is -17.3. The van der Waals surface area contributed by atoms with Crippen molar-refractivity contribution in [3.05, 3.63) is 32.6 Å². The number of ether oxygens (including phenoxy) is 1. The van der Waals surface area contributed by atoms with Crippen LogP contribution in [-0.4, -0.2) is 64.9 Å². The second-order valence-corrected chi connectivity index (χ2v) is 11.3. The highest BCUT2D eigenvalue weighted by atomic mass is 31.3. The Bertz CT molecular complexity index is 1280. The topological polar surface area (TPSA) is 244 Å². The summed E-state index contributed by atoms with van der Waals surface area (Å²) in [6.07, 6.45) is -8.46. The Morgan fingerprint density at radius 1 is 1.23 bits per heavy atom. The number of aromatic nitrogens is 2. The maximum atomic E-state index is 15.8. The molecular weight excluding hydrogens is 551 g/mol. The van der Waals surface area contributed by atoms with Crippen LogP contribution in [0.3, 0.4) is 0 Å². The monoisotopic (exact) mass is 570 g/mol. The SMILES string of the molecule is Cc1cc(=O)[nH]c(=O)n1[C@@H]1O[C@H]([C@@H](C)OP(=O)(O)OP(=O)(O)OP(=O)(O)O)[C@H](O)C1(F)C#CCF. The van der Waals surface area contributed by atoms with E-state index >= 15 is 4.39 Å². The molecule has 2 heterocycles. The highest BCUT2D eigenvalue weighted by Gasteiger charge is 2.60. The van der Waals surface area contributed by atoms with E-state index in [1.807, 2.05) is 4.98 Å². The normalized spacial score (nSPS) is 29.0. The zero-order chi connectivity index (χ0) is 27.0. The van der Waals surface area contributed by atoms with Crippen molar-refractivity contribution in [2.24, 2.45) is 0 Å². The Balaban J connectivity index is 2.40. The molecule has 1 aromatic rings. The van der Waals surface area contributed by atoms with Crippen LogP contribution in [0.2, 0.25) is 0 Å². The molecule has 1 aliphatic rings. The Kier molecular flexibility index (Phi) is 8.84. The summed E-state index contributed by atoms with van der Waals surface area (Å²) in [5.41, 5.74) is -5.50. The van der Waals surface area contributed by atoms with Crippen molar-refractivity contribution in [1.29, 1.82) is 0 Å². The molecule has 21 heteroatoms. The highest BCUT2D eigenvalue weighted by Crippen LogP contribution is 2.66. The van der Waals surface area contributed by atoms with E-state index < -0.39 is 71.6 Å². The number of H-pyrrole nitrogens is 1. The van der Waals surface area contributed by atoms with E-state index in [9.17, 15) is 42.6 Å². The van der Waals surface area contributed by atoms with Crippen molar-refractivity contribution >= 4 is 23.5 Å². The van der Waals surface area contributed by atoms with Gasteiger partial charge in [-0.05, 0) is 13.8 Å². The van der Waals surface area contributed by atoms with Crippen molar-refractivity contribution in [3.63, 3.8) is 0 Å². The molecule has 1 aromatic heterocycles. The van der Waals surface area contributed by atoms with Crippen LogP contribution < -0.4 is 11.2 Å². The number of aliphatic hydroxyl groups excluding tert-OH is 1. The smallest absolute Gasteiger partial charge is 0.386 e. The minimum absolute atomic E-state index is 0.179. The van der Waals surface area contributed by atoms with Crippen LogP contribution in [0.25, 0.3) is 0 Å². The van der Waals surface area contributed by atoms with Gasteiger partial charge in [0.25, 0.3) is 5.56 Å². The number of phosphoric acid groups is 3. The second-order valence-electron chi connectivity index (χ2n) is 6.95. The quantitative estimate of drug-likeness (QED) is 0.171. The molecule has 0 radical (unpaired) electrons. The first-order valence-electron chi connectivity index (χ1n) is 9.05. The average molecular weight is 570 g/mol. The number of rotatable bonds is 8. The van der Waals surface area contributed by atoms with Gasteiger partial charge in [-0.3, -0.25) is 18.9 Å². The fraction of sp³-hybridized carbons (Fsp3) is 0.571. The number of nitrogens with one attached hydrogen (secondary N) is 1. The number of nitrogens with zero attached hydrogens (tertiary/aromatic N) is 1. The maximum absolute atomic E-state index is 15.8. The van der Waals surface area contributed by atoms with Crippen LogP contribution in [0.4, 0.5) is 8.78 Å². The van der Waals surface area contributed by atoms with E-state index in [0.29, 0.717) is 4.57 Å². The predicted molar refractivity (Wildman–Crippen MR) is 108 cm³/mol. The lowest BCUT2D eigenvalue weighted by molar-refractivity contribution is -0.0787. The van der Waals surface area contributed by atoms with E-state index in [1.54, 1.807) is 11.8 Å². The highest BCUT2D eigenvalue weighted by molar-refractivity contribution is 7.66. The van der Waals surface area contributed by atoms with Gasteiger partial charge in [-0.1, -0.05) is 11.8 Å². The minimum Gasteiger partial charge on any atom is -0.386 e. The fourth-order valence-electron chi connectivity index (χ4n) is 3.11. The molecule has 198 valence electrons. The first kappa shape index (κ1) is 29.7. The lowest BCUT2D eigenvalue weighted by atomic mass is 9.94. The Hall–Kier alpha value is -1.57. The Labute approximate surface area is 193 Å². The molecule has 1 saturated heterocycles. The van der Waals surface area contributed by atoms with Gasteiger partial charge in [0.2, 0.25) is 5.67 Å². The summed E-state index contributed by atoms with van der Waals surface area (Å²) in [5.74, 6) is 3.48. The van der Waals surface area contributed by atoms with Gasteiger partial charge < -0.3 is 29.4 Å². The molecule has 3 unspecified atom stereocenters. The molecule has 0 saturated carbocycles. The van der Waals surface area contributed by atoms with Gasteiger partial charge in [0.1, 0.15) is 18.9 Å². The molecule has 2 rings (SSSR count). The number of phosphoric ester groups is 1. The van der Waals surface area contributed by atoms with Crippen molar-refractivity contribution < 1.29 is 65.0 Å². The number of alkyl halides is 2. The van der Waals surface area contributed by atoms with Crippen molar-refractivity contribution in [3.8, 4) is 11.8 Å². The van der Waals surface area contributed by atoms with Crippen LogP contribution in [0.1, 0.15) is 18.8 Å². The molecule has 1 aliphatic heterocycles. The Morgan fingerprint density at radius 2 is 1.83 bits per heavy atom. The van der Waals surface area contributed by atoms with Crippen molar-refractivity contribution in [2.75, 3.05) is 6.67 Å². The van der Waals surface area contributed by atoms with Gasteiger partial charge in [-0.15, -0.1) is 0 Å². The largest absolute Gasteiger partial charge is 0.490 e. The first-order valence-corrected chi connectivity index (χ1v) is 13.6. The van der Waals surface area contributed by atoms with Gasteiger partial charge in [-0.2, -0.15) is 8.62 Å². The van der Waals surface area contributed by atoms with Crippen LogP contribution in [-0.2, 0) is 31.6 Å². The van der Waals surface area contributed by atoms with E-state index in [2.05, 4.69) is 13.1 Å². The van der Waals surface area contributed by atoms with Crippen LogP contribution in [0, 0.1) is 18.8 Å². The third-order valence-electron chi connectivity index (χ3n) is 4.32. The number of hydrogen-bond donors (Lipinski definition) is 6. The molecule has 1 fully saturated rings. The average Bonchev–Trinajstić information content (AvgIpc) is 2.88. The molecular formula is C14H19F2N2O14P3. The number of halogens is 2. The molecule has 0 aromatic carbocycles. The molecule has 7 atom stereocenters. The van der Waals surface area contributed by atoms with Gasteiger partial charge >= 0.3 is 29.2 Å². The van der Waals surface area contributed by atoms with Crippen molar-refractivity contribution in [1.82, 2.24) is 9.55 Å². The number of aliphatic hydroxyl groups is 1. The summed E-state index contributed by atoms with van der Waals surface area (Å²) in [4.78, 5) is 61.6. The van der Waals surface area contributed by atoms with E-state index in [1.165, 1.54) is 6.92 Å². The van der Waals surface area contributed by atoms with Gasteiger partial charge in [0.15, 0.2) is 6.23 Å². The van der Waals surface area contributed by atoms with E-state index in [0.717, 1.165) is 13.0 Å². The summed E-state index contributed by atoms with van der Waals surface area (Å²) in [6, 6.07) is 0.864. The fourth-order valence-corrected chi connectivity index (χ4v) is 6.31. The molecule has 6 N–H and O–H groups in total. The standard InChI is InChI=1S/C14H19F2N2O14P3/c1-7-6-9(19)17-13(21)18(7)12-14(16,4-3-5-15)11(20)10(29-12)8(2)30-34(25,26)32-35(27,28)31-33(22,23)24/h6,8,10-12,20H,5H2,1-2H3,(H,25,26)(H,27,28)(H,17,19,21)(H2,22,23,24)/t8-,10-,11+,12-,14?/m1/s1. The summed E-state index contributed by atoms with van der Waals surface area (Å²) in [6.45, 7) is 0.685. The van der Waals surface area contributed by atoms with Crippen LogP contribution >= 0.6 is 23.5 Å². The molecule has 0 amide bonds. The van der Waals surface area contributed by atoms with E-state index in [-0.39, 0.29) is 5.69 Å². The minimum atomic E-state index is -5.88. The predicted octanol–water partition coefficient (Wildman–Crippen LogP) is -0.484. The van der Waals surface area contributed by atoms with Crippen LogP contribution in [0.5, 0.6) is 0 Å². The molecule has 0 spiro atoms. The van der Waals surface area contributed by atoms with E-state index in [4.69, 9.17) is 14.5 Å². The summed E-state index contributed by atoms with van der Waals surface area (Å²) in [5, 5.41) is 10.5. The van der Waals surface area contributed by atoms with Gasteiger partial charge in [0.05, 0.1) is 6.10 Å². The lowest BCUT2D eigenvalue weighted by Crippen LogP contribution is -2.46. The van der Waals surface area contributed by atoms with Crippen LogP contribution in [0.15, 0.2) is 15.7 Å². The number of hydrogen-bond acceptors (Lipinski definition) is 10. The Morgan fingerprint density at radius 3 is 2.34 bits per heavy atom. The summed E-state index contributed by atoms with van der Waals surface area (Å²) >= 11 is 0. The number of aryl methyl sites for hydroxylation is 1. The van der Waals surface area contributed by atoms with Gasteiger partial charge in [0, 0.05) is 11.8 Å². The third-order valence-corrected chi connectivity index (χ3v) is 8.24. The first-order chi connectivity index (χ1) is 15.8. The summed E-state index contributed by atoms with van der Waals surface area (Å²) < 4.78 is 80.1. The van der Waals surface area contributed by atoms with Crippen molar-refractivity contribution in [2.45, 2.75) is 44.1 Å². The molecule has 0 bridgehead atoms. The lowest BCUT2D eigenvalue weighted by Gasteiger charge is -2.25.